The van der Waals surface area contributed by atoms with Crippen molar-refractivity contribution in [2.24, 2.45) is 5.92 Å². The van der Waals surface area contributed by atoms with Crippen LogP contribution in [-0.2, 0) is 11.3 Å². The van der Waals surface area contributed by atoms with Crippen LogP contribution in [0, 0.1) is 5.92 Å². The number of esters is 1. The van der Waals surface area contributed by atoms with Crippen molar-refractivity contribution in [1.82, 2.24) is 5.32 Å². The van der Waals surface area contributed by atoms with Gasteiger partial charge in [-0.25, -0.2) is 4.79 Å². The van der Waals surface area contributed by atoms with E-state index in [2.05, 4.69) is 12.2 Å². The molecule has 0 saturated heterocycles. The molecule has 1 fully saturated rings. The third-order valence-corrected chi connectivity index (χ3v) is 4.23. The Balaban J connectivity index is 1.83. The number of hydrogen-bond donors (Lipinski definition) is 1. The van der Waals surface area contributed by atoms with E-state index in [-0.39, 0.29) is 5.97 Å². The van der Waals surface area contributed by atoms with Crippen LogP contribution in [0.25, 0.3) is 0 Å². The number of rotatable bonds is 4. The molecule has 0 amide bonds. The molecule has 0 aromatic heterocycles. The molecule has 1 aromatic carbocycles. The van der Waals surface area contributed by atoms with Crippen molar-refractivity contribution in [3.63, 3.8) is 0 Å². The van der Waals surface area contributed by atoms with E-state index in [4.69, 9.17) is 4.74 Å². The molecule has 1 aliphatic carbocycles. The van der Waals surface area contributed by atoms with Crippen LogP contribution in [0.2, 0.25) is 0 Å². The van der Waals surface area contributed by atoms with Crippen LogP contribution in [0.15, 0.2) is 24.3 Å². The molecule has 2 unspecified atom stereocenters. The first-order valence-corrected chi connectivity index (χ1v) is 7.59. The first-order chi connectivity index (χ1) is 9.69. The van der Waals surface area contributed by atoms with Gasteiger partial charge in [-0.05, 0) is 42.9 Å². The van der Waals surface area contributed by atoms with Crippen LogP contribution in [0.4, 0.5) is 0 Å². The van der Waals surface area contributed by atoms with Crippen molar-refractivity contribution in [3.8, 4) is 0 Å². The SMILES string of the molecule is COC(=O)c1ccc(CNC2CCCC(C)CC2)cc1. The highest BCUT2D eigenvalue weighted by Gasteiger charge is 2.15. The molecule has 0 radical (unpaired) electrons. The maximum atomic E-state index is 11.4. The lowest BCUT2D eigenvalue weighted by Gasteiger charge is -2.16. The maximum absolute atomic E-state index is 11.4. The number of ether oxygens (including phenoxy) is 1. The highest BCUT2D eigenvalue weighted by atomic mass is 16.5. The highest BCUT2D eigenvalue weighted by Crippen LogP contribution is 2.22. The fourth-order valence-electron chi connectivity index (χ4n) is 2.83. The number of carbonyl (C=O) groups is 1. The van der Waals surface area contributed by atoms with Crippen LogP contribution in [0.1, 0.15) is 54.9 Å². The van der Waals surface area contributed by atoms with Gasteiger partial charge in [0.25, 0.3) is 0 Å². The van der Waals surface area contributed by atoms with E-state index in [9.17, 15) is 4.79 Å². The van der Waals surface area contributed by atoms with E-state index in [1.807, 2.05) is 24.3 Å². The summed E-state index contributed by atoms with van der Waals surface area (Å²) in [5.74, 6) is 0.600. The molecular formula is C17H25NO2. The Morgan fingerprint density at radius 1 is 1.20 bits per heavy atom. The summed E-state index contributed by atoms with van der Waals surface area (Å²) >= 11 is 0. The Morgan fingerprint density at radius 3 is 2.65 bits per heavy atom. The van der Waals surface area contributed by atoms with Crippen molar-refractivity contribution >= 4 is 5.97 Å². The predicted octanol–water partition coefficient (Wildman–Crippen LogP) is 3.53. The Bertz CT molecular complexity index is 427. The lowest BCUT2D eigenvalue weighted by atomic mass is 10.0. The molecule has 1 N–H and O–H groups in total. The Kier molecular flexibility index (Phi) is 5.60. The average Bonchev–Trinajstić information content (AvgIpc) is 2.69. The summed E-state index contributed by atoms with van der Waals surface area (Å²) in [6.07, 6.45) is 6.59. The van der Waals surface area contributed by atoms with Gasteiger partial charge in [0.2, 0.25) is 0 Å². The molecule has 0 heterocycles. The zero-order valence-corrected chi connectivity index (χ0v) is 12.5. The first-order valence-electron chi connectivity index (χ1n) is 7.59. The Hall–Kier alpha value is -1.35. The monoisotopic (exact) mass is 275 g/mol. The summed E-state index contributed by atoms with van der Waals surface area (Å²) in [4.78, 5) is 11.4. The summed E-state index contributed by atoms with van der Waals surface area (Å²) in [5, 5.41) is 3.64. The minimum Gasteiger partial charge on any atom is -0.465 e. The standard InChI is InChI=1S/C17H25NO2/c1-13-4-3-5-16(11-6-13)18-12-14-7-9-15(10-8-14)17(19)20-2/h7-10,13,16,18H,3-6,11-12H2,1-2H3. The molecule has 1 saturated carbocycles. The molecule has 2 rings (SSSR count). The van der Waals surface area contributed by atoms with Crippen LogP contribution < -0.4 is 5.32 Å². The van der Waals surface area contributed by atoms with Crippen molar-refractivity contribution in [2.45, 2.75) is 51.6 Å². The van der Waals surface area contributed by atoms with Gasteiger partial charge in [-0.15, -0.1) is 0 Å². The van der Waals surface area contributed by atoms with E-state index in [0.29, 0.717) is 11.6 Å². The fourth-order valence-corrected chi connectivity index (χ4v) is 2.83. The molecule has 1 aromatic rings. The number of carbonyl (C=O) groups excluding carboxylic acids is 1. The lowest BCUT2D eigenvalue weighted by molar-refractivity contribution is 0.0600. The van der Waals surface area contributed by atoms with Gasteiger partial charge in [0, 0.05) is 12.6 Å². The molecule has 0 spiro atoms. The molecule has 20 heavy (non-hydrogen) atoms. The van der Waals surface area contributed by atoms with E-state index in [0.717, 1.165) is 12.5 Å². The van der Waals surface area contributed by atoms with Gasteiger partial charge in [-0.1, -0.05) is 31.9 Å². The quantitative estimate of drug-likeness (QED) is 0.675. The molecule has 3 heteroatoms. The van der Waals surface area contributed by atoms with Gasteiger partial charge in [-0.2, -0.15) is 0 Å². The van der Waals surface area contributed by atoms with Crippen molar-refractivity contribution in [1.29, 1.82) is 0 Å². The largest absolute Gasteiger partial charge is 0.465 e. The molecule has 1 aliphatic rings. The van der Waals surface area contributed by atoms with E-state index in [1.165, 1.54) is 44.8 Å². The summed E-state index contributed by atoms with van der Waals surface area (Å²) < 4.78 is 4.70. The lowest BCUT2D eigenvalue weighted by Crippen LogP contribution is -2.27. The van der Waals surface area contributed by atoms with Gasteiger partial charge >= 0.3 is 5.97 Å². The first kappa shape index (κ1) is 15.0. The van der Waals surface area contributed by atoms with Gasteiger partial charge < -0.3 is 10.1 Å². The number of nitrogens with one attached hydrogen (secondary N) is 1. The normalized spacial score (nSPS) is 23.1. The second-order valence-corrected chi connectivity index (χ2v) is 5.88. The number of methoxy groups -OCH3 is 1. The summed E-state index contributed by atoms with van der Waals surface area (Å²) in [7, 11) is 1.41. The molecule has 3 nitrogen and oxygen atoms in total. The zero-order valence-electron chi connectivity index (χ0n) is 12.5. The molecule has 2 atom stereocenters. The highest BCUT2D eigenvalue weighted by molar-refractivity contribution is 5.89. The van der Waals surface area contributed by atoms with E-state index >= 15 is 0 Å². The number of benzene rings is 1. The summed E-state index contributed by atoms with van der Waals surface area (Å²) in [5.41, 5.74) is 1.83. The molecule has 0 aliphatic heterocycles. The third-order valence-electron chi connectivity index (χ3n) is 4.23. The van der Waals surface area contributed by atoms with E-state index < -0.39 is 0 Å². The van der Waals surface area contributed by atoms with Crippen LogP contribution in [0.5, 0.6) is 0 Å². The zero-order chi connectivity index (χ0) is 14.4. The summed E-state index contributed by atoms with van der Waals surface area (Å²) in [6, 6.07) is 8.30. The Labute approximate surface area is 121 Å². The van der Waals surface area contributed by atoms with Gasteiger partial charge in [0.15, 0.2) is 0 Å². The van der Waals surface area contributed by atoms with Gasteiger partial charge in [0.05, 0.1) is 12.7 Å². The average molecular weight is 275 g/mol. The van der Waals surface area contributed by atoms with Crippen LogP contribution in [0.3, 0.4) is 0 Å². The van der Waals surface area contributed by atoms with Crippen molar-refractivity contribution < 1.29 is 9.53 Å². The topological polar surface area (TPSA) is 38.3 Å². The van der Waals surface area contributed by atoms with Crippen molar-refractivity contribution in [2.75, 3.05) is 7.11 Å². The third kappa shape index (κ3) is 4.34. The van der Waals surface area contributed by atoms with Crippen LogP contribution >= 0.6 is 0 Å². The minimum absolute atomic E-state index is 0.276. The number of hydrogen-bond acceptors (Lipinski definition) is 3. The fraction of sp³-hybridized carbons (Fsp3) is 0.588. The smallest absolute Gasteiger partial charge is 0.337 e. The van der Waals surface area contributed by atoms with Crippen molar-refractivity contribution in [3.05, 3.63) is 35.4 Å². The summed E-state index contributed by atoms with van der Waals surface area (Å²) in [6.45, 7) is 3.23. The second kappa shape index (κ2) is 7.44. The molecule has 110 valence electrons. The van der Waals surface area contributed by atoms with Gasteiger partial charge in [-0.3, -0.25) is 0 Å². The minimum atomic E-state index is -0.276. The molecule has 0 bridgehead atoms. The Morgan fingerprint density at radius 2 is 1.95 bits per heavy atom. The van der Waals surface area contributed by atoms with Gasteiger partial charge in [0.1, 0.15) is 0 Å². The van der Waals surface area contributed by atoms with Crippen LogP contribution in [-0.4, -0.2) is 19.1 Å². The second-order valence-electron chi connectivity index (χ2n) is 5.88. The predicted molar refractivity (Wildman–Crippen MR) is 80.7 cm³/mol. The van der Waals surface area contributed by atoms with E-state index in [1.54, 1.807) is 0 Å². The maximum Gasteiger partial charge on any atom is 0.337 e. The molecular weight excluding hydrogens is 250 g/mol.